The molecule has 1 fully saturated rings. The monoisotopic (exact) mass is 262 g/mol. The van der Waals surface area contributed by atoms with Crippen LogP contribution in [0, 0.1) is 11.8 Å². The molecule has 0 heterocycles. The maximum atomic E-state index is 10.7. The van der Waals surface area contributed by atoms with Gasteiger partial charge in [-0.15, -0.1) is 0 Å². The van der Waals surface area contributed by atoms with Crippen molar-refractivity contribution >= 4 is 0 Å². The molecule has 0 amide bonds. The quantitative estimate of drug-likeness (QED) is 0.872. The van der Waals surface area contributed by atoms with Crippen LogP contribution >= 0.6 is 0 Å². The molecule has 2 heteroatoms. The molecular weight excluding hydrogens is 236 g/mol. The Bertz CT molecular complexity index is 386. The lowest BCUT2D eigenvalue weighted by atomic mass is 9.73. The average Bonchev–Trinajstić information content (AvgIpc) is 2.42. The summed E-state index contributed by atoms with van der Waals surface area (Å²) in [5.74, 6) is 0.925. The SMILES string of the molecule is CCC1CCC(O)C(CC(C)(O)c2ccccc2)C1. The first-order chi connectivity index (χ1) is 9.03. The van der Waals surface area contributed by atoms with Gasteiger partial charge in [0.1, 0.15) is 0 Å². The second kappa shape index (κ2) is 6.06. The third-order valence-corrected chi connectivity index (χ3v) is 4.68. The molecule has 4 atom stereocenters. The molecule has 0 radical (unpaired) electrons. The van der Waals surface area contributed by atoms with Gasteiger partial charge in [0, 0.05) is 0 Å². The minimum absolute atomic E-state index is 0.217. The summed E-state index contributed by atoms with van der Waals surface area (Å²) >= 11 is 0. The zero-order valence-corrected chi connectivity index (χ0v) is 12.0. The average molecular weight is 262 g/mol. The van der Waals surface area contributed by atoms with E-state index in [1.54, 1.807) is 0 Å². The molecule has 1 saturated carbocycles. The van der Waals surface area contributed by atoms with E-state index in [2.05, 4.69) is 6.92 Å². The summed E-state index contributed by atoms with van der Waals surface area (Å²) in [4.78, 5) is 0. The second-order valence-electron chi connectivity index (χ2n) is 6.26. The predicted octanol–water partition coefficient (Wildman–Crippen LogP) is 3.47. The van der Waals surface area contributed by atoms with Gasteiger partial charge in [0.2, 0.25) is 0 Å². The fraction of sp³-hybridized carbons (Fsp3) is 0.647. The minimum Gasteiger partial charge on any atom is -0.393 e. The molecule has 4 unspecified atom stereocenters. The van der Waals surface area contributed by atoms with Crippen LogP contribution in [0.25, 0.3) is 0 Å². The van der Waals surface area contributed by atoms with Crippen LogP contribution < -0.4 is 0 Å². The molecule has 1 aromatic rings. The Hall–Kier alpha value is -0.860. The molecule has 106 valence electrons. The van der Waals surface area contributed by atoms with Gasteiger partial charge in [0.05, 0.1) is 11.7 Å². The van der Waals surface area contributed by atoms with E-state index in [1.807, 2.05) is 37.3 Å². The van der Waals surface area contributed by atoms with Gasteiger partial charge in [0.25, 0.3) is 0 Å². The van der Waals surface area contributed by atoms with E-state index in [1.165, 1.54) is 6.42 Å². The number of aliphatic hydroxyl groups excluding tert-OH is 1. The Balaban J connectivity index is 2.06. The number of aliphatic hydroxyl groups is 2. The van der Waals surface area contributed by atoms with Crippen LogP contribution in [-0.2, 0) is 5.60 Å². The highest BCUT2D eigenvalue weighted by molar-refractivity contribution is 5.21. The van der Waals surface area contributed by atoms with Gasteiger partial charge in [-0.25, -0.2) is 0 Å². The molecule has 0 aliphatic heterocycles. The predicted molar refractivity (Wildman–Crippen MR) is 77.8 cm³/mol. The van der Waals surface area contributed by atoms with Crippen LogP contribution in [0.5, 0.6) is 0 Å². The number of hydrogen-bond donors (Lipinski definition) is 2. The van der Waals surface area contributed by atoms with E-state index in [0.29, 0.717) is 12.3 Å². The first-order valence-corrected chi connectivity index (χ1v) is 7.49. The van der Waals surface area contributed by atoms with E-state index in [0.717, 1.165) is 24.8 Å². The molecule has 2 N–H and O–H groups in total. The molecule has 0 saturated heterocycles. The molecule has 1 aliphatic rings. The third kappa shape index (κ3) is 3.58. The lowest BCUT2D eigenvalue weighted by molar-refractivity contribution is -0.0270. The zero-order chi connectivity index (χ0) is 13.9. The van der Waals surface area contributed by atoms with Gasteiger partial charge in [-0.1, -0.05) is 43.7 Å². The minimum atomic E-state index is -0.845. The lowest BCUT2D eigenvalue weighted by Gasteiger charge is -2.37. The summed E-state index contributed by atoms with van der Waals surface area (Å²) in [6.07, 6.45) is 4.62. The van der Waals surface area contributed by atoms with E-state index in [-0.39, 0.29) is 12.0 Å². The zero-order valence-electron chi connectivity index (χ0n) is 12.0. The molecule has 0 aromatic heterocycles. The Labute approximate surface area is 116 Å². The largest absolute Gasteiger partial charge is 0.393 e. The molecular formula is C17H26O2. The number of hydrogen-bond acceptors (Lipinski definition) is 2. The summed E-state index contributed by atoms with van der Waals surface area (Å²) < 4.78 is 0. The Morgan fingerprint density at radius 3 is 2.53 bits per heavy atom. The summed E-state index contributed by atoms with van der Waals surface area (Å²) in [6.45, 7) is 4.08. The maximum absolute atomic E-state index is 10.7. The fourth-order valence-electron chi connectivity index (χ4n) is 3.36. The van der Waals surface area contributed by atoms with E-state index >= 15 is 0 Å². The van der Waals surface area contributed by atoms with Crippen molar-refractivity contribution in [2.75, 3.05) is 0 Å². The third-order valence-electron chi connectivity index (χ3n) is 4.68. The van der Waals surface area contributed by atoms with Crippen molar-refractivity contribution in [1.29, 1.82) is 0 Å². The Morgan fingerprint density at radius 1 is 1.21 bits per heavy atom. The van der Waals surface area contributed by atoms with Crippen LogP contribution in [0.15, 0.2) is 30.3 Å². The molecule has 2 nitrogen and oxygen atoms in total. The summed E-state index contributed by atoms with van der Waals surface area (Å²) in [7, 11) is 0. The van der Waals surface area contributed by atoms with Gasteiger partial charge in [-0.2, -0.15) is 0 Å². The molecule has 0 spiro atoms. The van der Waals surface area contributed by atoms with Gasteiger partial charge in [0.15, 0.2) is 0 Å². The van der Waals surface area contributed by atoms with Gasteiger partial charge >= 0.3 is 0 Å². The molecule has 0 bridgehead atoms. The molecule has 19 heavy (non-hydrogen) atoms. The van der Waals surface area contributed by atoms with Crippen molar-refractivity contribution < 1.29 is 10.2 Å². The van der Waals surface area contributed by atoms with Gasteiger partial charge in [-0.05, 0) is 50.0 Å². The normalized spacial score (nSPS) is 30.8. The second-order valence-corrected chi connectivity index (χ2v) is 6.26. The van der Waals surface area contributed by atoms with Crippen LogP contribution in [0.4, 0.5) is 0 Å². The summed E-state index contributed by atoms with van der Waals surface area (Å²) in [6, 6.07) is 9.80. The number of rotatable bonds is 4. The van der Waals surface area contributed by atoms with Crippen LogP contribution in [0.1, 0.15) is 51.5 Å². The standard InChI is InChI=1S/C17H26O2/c1-3-13-9-10-16(18)14(11-13)12-17(2,19)15-7-5-4-6-8-15/h4-8,13-14,16,18-19H,3,9-12H2,1-2H3. The Kier molecular flexibility index (Phi) is 4.64. The van der Waals surface area contributed by atoms with E-state index in [4.69, 9.17) is 0 Å². The highest BCUT2D eigenvalue weighted by Crippen LogP contribution is 2.38. The fourth-order valence-corrected chi connectivity index (χ4v) is 3.36. The van der Waals surface area contributed by atoms with Crippen molar-refractivity contribution in [3.05, 3.63) is 35.9 Å². The molecule has 2 rings (SSSR count). The van der Waals surface area contributed by atoms with Gasteiger partial charge in [-0.3, -0.25) is 0 Å². The lowest BCUT2D eigenvalue weighted by Crippen LogP contribution is -2.35. The highest BCUT2D eigenvalue weighted by Gasteiger charge is 2.34. The first-order valence-electron chi connectivity index (χ1n) is 7.49. The van der Waals surface area contributed by atoms with Gasteiger partial charge < -0.3 is 10.2 Å². The van der Waals surface area contributed by atoms with Crippen molar-refractivity contribution in [2.45, 2.75) is 57.7 Å². The van der Waals surface area contributed by atoms with Crippen molar-refractivity contribution in [3.63, 3.8) is 0 Å². The van der Waals surface area contributed by atoms with Crippen molar-refractivity contribution in [3.8, 4) is 0 Å². The Morgan fingerprint density at radius 2 is 1.89 bits per heavy atom. The topological polar surface area (TPSA) is 40.5 Å². The van der Waals surface area contributed by atoms with Crippen LogP contribution in [-0.4, -0.2) is 16.3 Å². The highest BCUT2D eigenvalue weighted by atomic mass is 16.3. The number of benzene rings is 1. The van der Waals surface area contributed by atoms with Crippen molar-refractivity contribution in [1.82, 2.24) is 0 Å². The molecule has 1 aliphatic carbocycles. The van der Waals surface area contributed by atoms with E-state index < -0.39 is 5.60 Å². The van der Waals surface area contributed by atoms with E-state index in [9.17, 15) is 10.2 Å². The molecule has 1 aromatic carbocycles. The summed E-state index contributed by atoms with van der Waals surface area (Å²) in [5, 5.41) is 20.9. The van der Waals surface area contributed by atoms with Crippen LogP contribution in [0.2, 0.25) is 0 Å². The van der Waals surface area contributed by atoms with Crippen molar-refractivity contribution in [2.24, 2.45) is 11.8 Å². The maximum Gasteiger partial charge on any atom is 0.0872 e. The van der Waals surface area contributed by atoms with Crippen LogP contribution in [0.3, 0.4) is 0 Å². The summed E-state index contributed by atoms with van der Waals surface area (Å²) in [5.41, 5.74) is 0.101. The first kappa shape index (κ1) is 14.5. The smallest absolute Gasteiger partial charge is 0.0872 e.